The number of aliphatic hydroxyl groups excluding tert-OH is 1. The quantitative estimate of drug-likeness (QED) is 0.883. The number of likely N-dealkylation sites (tertiary alicyclic amines) is 1. The van der Waals surface area contributed by atoms with Crippen LogP contribution in [0, 0.1) is 5.92 Å². The number of nitrogens with zero attached hydrogens (tertiary/aromatic N) is 1. The largest absolute Gasteiger partial charge is 0.391 e. The lowest BCUT2D eigenvalue weighted by Gasteiger charge is -2.29. The van der Waals surface area contributed by atoms with E-state index in [1.807, 2.05) is 12.1 Å². The summed E-state index contributed by atoms with van der Waals surface area (Å²) in [6.07, 6.45) is 1.55. The minimum absolute atomic E-state index is 0.0754. The van der Waals surface area contributed by atoms with E-state index in [0.717, 1.165) is 12.0 Å². The highest BCUT2D eigenvalue weighted by Crippen LogP contribution is 2.34. The summed E-state index contributed by atoms with van der Waals surface area (Å²) >= 11 is 5.91. The number of hydrogen-bond acceptors (Lipinski definition) is 4. The van der Waals surface area contributed by atoms with Crippen molar-refractivity contribution in [2.75, 3.05) is 18.1 Å². The Morgan fingerprint density at radius 2 is 1.96 bits per heavy atom. The third-order valence-electron chi connectivity index (χ3n) is 4.92. The first-order chi connectivity index (χ1) is 11.4. The molecule has 2 heterocycles. The first-order valence-corrected chi connectivity index (χ1v) is 10.5. The maximum absolute atomic E-state index is 12.7. The second-order valence-corrected chi connectivity index (χ2v) is 9.43. The zero-order chi connectivity index (χ0) is 17.3. The van der Waals surface area contributed by atoms with Crippen molar-refractivity contribution in [2.24, 2.45) is 5.92 Å². The number of sulfone groups is 1. The van der Waals surface area contributed by atoms with Crippen molar-refractivity contribution in [2.45, 2.75) is 37.8 Å². The first-order valence-electron chi connectivity index (χ1n) is 8.29. The number of carbonyl (C=O) groups excluding carboxylic acids is 1. The van der Waals surface area contributed by atoms with E-state index < -0.39 is 15.9 Å². The van der Waals surface area contributed by atoms with Gasteiger partial charge in [-0.3, -0.25) is 4.79 Å². The normalized spacial score (nSPS) is 29.6. The van der Waals surface area contributed by atoms with Crippen LogP contribution < -0.4 is 0 Å². The van der Waals surface area contributed by atoms with Crippen molar-refractivity contribution in [3.05, 3.63) is 34.9 Å². The molecule has 3 atom stereocenters. The van der Waals surface area contributed by atoms with E-state index in [4.69, 9.17) is 11.6 Å². The summed E-state index contributed by atoms with van der Waals surface area (Å²) in [5.74, 6) is 0.141. The lowest BCUT2D eigenvalue weighted by atomic mass is 9.99. The number of amides is 1. The second kappa shape index (κ2) is 7.02. The fraction of sp³-hybridized carbons (Fsp3) is 0.588. The molecule has 2 fully saturated rings. The predicted molar refractivity (Wildman–Crippen MR) is 92.5 cm³/mol. The summed E-state index contributed by atoms with van der Waals surface area (Å²) in [6.45, 7) is 0.493. The standard InChI is InChI=1S/C17H22ClNO4S/c18-14-5-3-13(4-6-14)17-15(20)7-8-19(17)16(21)10-12-2-1-9-24(22,23)11-12/h3-6,12,15,17,20H,1-2,7-11H2/t12?,15-,17-/m1/s1. The minimum atomic E-state index is -3.02. The van der Waals surface area contributed by atoms with Gasteiger partial charge in [0.2, 0.25) is 5.91 Å². The topological polar surface area (TPSA) is 74.7 Å². The van der Waals surface area contributed by atoms with Crippen molar-refractivity contribution in [1.29, 1.82) is 0 Å². The van der Waals surface area contributed by atoms with Gasteiger partial charge in [0, 0.05) is 18.0 Å². The molecule has 0 bridgehead atoms. The number of benzene rings is 1. The molecule has 1 N–H and O–H groups in total. The molecule has 132 valence electrons. The van der Waals surface area contributed by atoms with Gasteiger partial charge in [-0.05, 0) is 42.9 Å². The maximum atomic E-state index is 12.7. The molecule has 0 aliphatic carbocycles. The van der Waals surface area contributed by atoms with Gasteiger partial charge in [-0.25, -0.2) is 8.42 Å². The average molecular weight is 372 g/mol. The molecule has 5 nitrogen and oxygen atoms in total. The van der Waals surface area contributed by atoms with Crippen LogP contribution in [0.4, 0.5) is 0 Å². The van der Waals surface area contributed by atoms with Gasteiger partial charge >= 0.3 is 0 Å². The highest BCUT2D eigenvalue weighted by molar-refractivity contribution is 7.91. The molecule has 1 amide bonds. The number of halogens is 1. The third kappa shape index (κ3) is 3.92. The van der Waals surface area contributed by atoms with E-state index in [1.54, 1.807) is 17.0 Å². The molecule has 2 aliphatic rings. The Morgan fingerprint density at radius 3 is 2.62 bits per heavy atom. The molecule has 1 unspecified atom stereocenters. The highest BCUT2D eigenvalue weighted by atomic mass is 35.5. The number of rotatable bonds is 3. The molecule has 1 aromatic rings. The maximum Gasteiger partial charge on any atom is 0.223 e. The second-order valence-electron chi connectivity index (χ2n) is 6.77. The Balaban J connectivity index is 1.72. The first kappa shape index (κ1) is 17.7. The Morgan fingerprint density at radius 1 is 1.25 bits per heavy atom. The average Bonchev–Trinajstić information content (AvgIpc) is 2.89. The van der Waals surface area contributed by atoms with Crippen molar-refractivity contribution < 1.29 is 18.3 Å². The van der Waals surface area contributed by atoms with Gasteiger partial charge in [-0.2, -0.15) is 0 Å². The third-order valence-corrected chi connectivity index (χ3v) is 7.06. The summed E-state index contributed by atoms with van der Waals surface area (Å²) in [7, 11) is -3.02. The molecule has 0 aromatic heterocycles. The molecule has 1 aromatic carbocycles. The van der Waals surface area contributed by atoms with Gasteiger partial charge in [0.1, 0.15) is 0 Å². The van der Waals surface area contributed by atoms with Crippen LogP contribution in [-0.4, -0.2) is 48.5 Å². The van der Waals surface area contributed by atoms with Crippen LogP contribution in [0.25, 0.3) is 0 Å². The van der Waals surface area contributed by atoms with Gasteiger partial charge in [-0.15, -0.1) is 0 Å². The van der Waals surface area contributed by atoms with E-state index in [1.165, 1.54) is 0 Å². The van der Waals surface area contributed by atoms with Gasteiger partial charge in [0.05, 0.1) is 23.7 Å². The van der Waals surface area contributed by atoms with E-state index in [-0.39, 0.29) is 35.8 Å². The summed E-state index contributed by atoms with van der Waals surface area (Å²) in [6, 6.07) is 6.77. The molecule has 0 saturated carbocycles. The number of aliphatic hydroxyl groups is 1. The molecule has 24 heavy (non-hydrogen) atoms. The fourth-order valence-corrected chi connectivity index (χ4v) is 5.66. The zero-order valence-corrected chi connectivity index (χ0v) is 15.0. The van der Waals surface area contributed by atoms with Crippen molar-refractivity contribution in [3.63, 3.8) is 0 Å². The van der Waals surface area contributed by atoms with Crippen molar-refractivity contribution >= 4 is 27.3 Å². The number of hydrogen-bond donors (Lipinski definition) is 1. The van der Waals surface area contributed by atoms with Crippen LogP contribution in [0.5, 0.6) is 0 Å². The monoisotopic (exact) mass is 371 g/mol. The van der Waals surface area contributed by atoms with Gasteiger partial charge in [-0.1, -0.05) is 23.7 Å². The van der Waals surface area contributed by atoms with Crippen molar-refractivity contribution in [1.82, 2.24) is 4.90 Å². The van der Waals surface area contributed by atoms with Gasteiger partial charge in [0.25, 0.3) is 0 Å². The molecular weight excluding hydrogens is 350 g/mol. The molecule has 3 rings (SSSR count). The lowest BCUT2D eigenvalue weighted by Crippen LogP contribution is -2.36. The Bertz CT molecular complexity index is 704. The van der Waals surface area contributed by atoms with Crippen LogP contribution in [0.2, 0.25) is 5.02 Å². The summed E-state index contributed by atoms with van der Waals surface area (Å²) in [5.41, 5.74) is 0.856. The smallest absolute Gasteiger partial charge is 0.223 e. The fourth-order valence-electron chi connectivity index (χ4n) is 3.76. The molecule has 0 radical (unpaired) electrons. The van der Waals surface area contributed by atoms with Crippen LogP contribution in [0.15, 0.2) is 24.3 Å². The molecular formula is C17H22ClNO4S. The molecule has 2 aliphatic heterocycles. The summed E-state index contributed by atoms with van der Waals surface area (Å²) < 4.78 is 23.5. The Kier molecular flexibility index (Phi) is 5.18. The molecule has 2 saturated heterocycles. The minimum Gasteiger partial charge on any atom is -0.391 e. The Labute approximate surface area is 147 Å². The molecule has 7 heteroatoms. The van der Waals surface area contributed by atoms with Crippen LogP contribution in [-0.2, 0) is 14.6 Å². The van der Waals surface area contributed by atoms with E-state index in [0.29, 0.717) is 24.4 Å². The lowest BCUT2D eigenvalue weighted by molar-refractivity contribution is -0.134. The zero-order valence-electron chi connectivity index (χ0n) is 13.4. The van der Waals surface area contributed by atoms with E-state index in [9.17, 15) is 18.3 Å². The van der Waals surface area contributed by atoms with Crippen LogP contribution in [0.1, 0.15) is 37.3 Å². The van der Waals surface area contributed by atoms with Gasteiger partial charge in [0.15, 0.2) is 9.84 Å². The van der Waals surface area contributed by atoms with E-state index in [2.05, 4.69) is 0 Å². The predicted octanol–water partition coefficient (Wildman–Crippen LogP) is 2.19. The number of carbonyl (C=O) groups is 1. The Hall–Kier alpha value is -1.11. The SMILES string of the molecule is O=C(CC1CCCS(=O)(=O)C1)N1CC[C@@H](O)[C@H]1c1ccc(Cl)cc1. The van der Waals surface area contributed by atoms with Crippen molar-refractivity contribution in [3.8, 4) is 0 Å². The van der Waals surface area contributed by atoms with E-state index >= 15 is 0 Å². The van der Waals surface area contributed by atoms with Crippen LogP contribution in [0.3, 0.4) is 0 Å². The summed E-state index contributed by atoms with van der Waals surface area (Å²) in [4.78, 5) is 14.4. The van der Waals surface area contributed by atoms with Gasteiger partial charge < -0.3 is 10.0 Å². The molecule has 0 spiro atoms. The highest BCUT2D eigenvalue weighted by Gasteiger charge is 2.38. The van der Waals surface area contributed by atoms with Crippen LogP contribution >= 0.6 is 11.6 Å². The summed E-state index contributed by atoms with van der Waals surface area (Å²) in [5, 5.41) is 10.9.